The standard InChI is InChI=1S/C29H40O9/c1-16-25(33)22(31)12-24(37-16)38-18-3-8-27(15-30)20-4-7-26(2)19(17-11-23(32)36-14-17)6-10-29(26,35)21(20)5-9-28(27,34)13-18/h6,11,15-16,18,20-22,24-25,31,33-35H,3-5,7-10,12-14H2,1-2H3. The molecule has 11 unspecified atom stereocenters. The van der Waals surface area contributed by atoms with E-state index < -0.39 is 46.6 Å². The van der Waals surface area contributed by atoms with Gasteiger partial charge in [0.15, 0.2) is 6.29 Å². The van der Waals surface area contributed by atoms with E-state index in [0.717, 1.165) is 17.4 Å². The molecule has 4 fully saturated rings. The van der Waals surface area contributed by atoms with E-state index in [-0.39, 0.29) is 43.4 Å². The first kappa shape index (κ1) is 26.6. The van der Waals surface area contributed by atoms with E-state index in [0.29, 0.717) is 44.9 Å². The Labute approximate surface area is 222 Å². The van der Waals surface area contributed by atoms with Gasteiger partial charge in [-0.25, -0.2) is 4.79 Å². The smallest absolute Gasteiger partial charge is 0.331 e. The topological polar surface area (TPSA) is 143 Å². The zero-order valence-corrected chi connectivity index (χ0v) is 22.2. The predicted molar refractivity (Wildman–Crippen MR) is 133 cm³/mol. The van der Waals surface area contributed by atoms with Crippen LogP contribution in [0.2, 0.25) is 0 Å². The van der Waals surface area contributed by atoms with E-state index >= 15 is 0 Å². The Morgan fingerprint density at radius 1 is 1.11 bits per heavy atom. The number of aliphatic hydroxyl groups excluding tert-OH is 2. The van der Waals surface area contributed by atoms with Gasteiger partial charge in [0.2, 0.25) is 0 Å². The molecule has 3 saturated carbocycles. The highest BCUT2D eigenvalue weighted by Crippen LogP contribution is 2.69. The molecule has 4 aliphatic carbocycles. The molecule has 2 aliphatic heterocycles. The van der Waals surface area contributed by atoms with Crippen LogP contribution >= 0.6 is 0 Å². The van der Waals surface area contributed by atoms with E-state index in [9.17, 15) is 30.0 Å². The van der Waals surface area contributed by atoms with Crippen molar-refractivity contribution in [3.05, 3.63) is 23.3 Å². The highest BCUT2D eigenvalue weighted by molar-refractivity contribution is 5.86. The highest BCUT2D eigenvalue weighted by atomic mass is 16.7. The molecule has 2 heterocycles. The molecule has 4 N–H and O–H groups in total. The molecule has 0 amide bonds. The van der Waals surface area contributed by atoms with Gasteiger partial charge in [-0.05, 0) is 69.3 Å². The van der Waals surface area contributed by atoms with E-state index in [1.165, 1.54) is 6.08 Å². The van der Waals surface area contributed by atoms with Crippen LogP contribution in [-0.4, -0.2) is 81.2 Å². The molecule has 6 rings (SSSR count). The van der Waals surface area contributed by atoms with Crippen molar-refractivity contribution >= 4 is 12.3 Å². The Hall–Kier alpha value is -1.62. The zero-order valence-electron chi connectivity index (χ0n) is 22.2. The quantitative estimate of drug-likeness (QED) is 0.242. The monoisotopic (exact) mass is 532 g/mol. The molecule has 9 nitrogen and oxygen atoms in total. The minimum absolute atomic E-state index is 0.151. The maximum Gasteiger partial charge on any atom is 0.331 e. The third-order valence-corrected chi connectivity index (χ3v) is 11.3. The normalized spacial score (nSPS) is 52.3. The molecule has 6 aliphatic rings. The Balaban J connectivity index is 1.22. The summed E-state index contributed by atoms with van der Waals surface area (Å²) < 4.78 is 17.1. The largest absolute Gasteiger partial charge is 0.458 e. The molecule has 0 aromatic carbocycles. The molecular formula is C29H40O9. The zero-order chi connectivity index (χ0) is 27.1. The second kappa shape index (κ2) is 8.94. The third kappa shape index (κ3) is 3.58. The molecule has 9 heteroatoms. The Kier molecular flexibility index (Phi) is 6.26. The molecule has 0 radical (unpaired) electrons. The summed E-state index contributed by atoms with van der Waals surface area (Å²) in [7, 11) is 0. The molecule has 0 bridgehead atoms. The van der Waals surface area contributed by atoms with Crippen LogP contribution in [0.25, 0.3) is 0 Å². The van der Waals surface area contributed by atoms with E-state index in [2.05, 4.69) is 6.92 Å². The van der Waals surface area contributed by atoms with Crippen LogP contribution in [0.4, 0.5) is 0 Å². The molecule has 11 atom stereocenters. The van der Waals surface area contributed by atoms with Crippen molar-refractivity contribution < 1.29 is 44.2 Å². The van der Waals surface area contributed by atoms with E-state index in [1.807, 2.05) is 6.08 Å². The second-order valence-corrected chi connectivity index (χ2v) is 12.9. The molecule has 0 spiro atoms. The summed E-state index contributed by atoms with van der Waals surface area (Å²) in [6.07, 6.45) is 5.27. The number of aldehydes is 1. The van der Waals surface area contributed by atoms with Crippen molar-refractivity contribution in [3.63, 3.8) is 0 Å². The number of carbonyl (C=O) groups excluding carboxylic acids is 2. The number of carbonyl (C=O) groups is 2. The fraction of sp³-hybridized carbons (Fsp3) is 0.793. The van der Waals surface area contributed by atoms with Gasteiger partial charge in [-0.1, -0.05) is 13.0 Å². The van der Waals surface area contributed by atoms with Crippen LogP contribution in [-0.2, 0) is 23.8 Å². The van der Waals surface area contributed by atoms with Gasteiger partial charge in [-0.2, -0.15) is 0 Å². The van der Waals surface area contributed by atoms with Crippen molar-refractivity contribution in [1.82, 2.24) is 0 Å². The number of hydrogen-bond acceptors (Lipinski definition) is 9. The van der Waals surface area contributed by atoms with Crippen LogP contribution in [0.3, 0.4) is 0 Å². The maximum atomic E-state index is 12.9. The van der Waals surface area contributed by atoms with E-state index in [4.69, 9.17) is 14.2 Å². The fourth-order valence-electron chi connectivity index (χ4n) is 9.16. The number of ether oxygens (including phenoxy) is 3. The first-order valence-electron chi connectivity index (χ1n) is 14.1. The molecule has 1 saturated heterocycles. The van der Waals surface area contributed by atoms with Crippen LogP contribution in [0.5, 0.6) is 0 Å². The number of fused-ring (bicyclic) bond motifs is 5. The van der Waals surface area contributed by atoms with Gasteiger partial charge < -0.3 is 39.4 Å². The Morgan fingerprint density at radius 2 is 1.87 bits per heavy atom. The summed E-state index contributed by atoms with van der Waals surface area (Å²) in [4.78, 5) is 24.7. The fourth-order valence-corrected chi connectivity index (χ4v) is 9.16. The molecule has 0 aromatic heterocycles. The van der Waals surface area contributed by atoms with Gasteiger partial charge in [0.25, 0.3) is 0 Å². The first-order chi connectivity index (χ1) is 18.0. The Bertz CT molecular complexity index is 1060. The second-order valence-electron chi connectivity index (χ2n) is 12.9. The van der Waals surface area contributed by atoms with Gasteiger partial charge in [-0.15, -0.1) is 0 Å². The summed E-state index contributed by atoms with van der Waals surface area (Å²) in [5, 5.41) is 44.5. The van der Waals surface area contributed by atoms with Crippen molar-refractivity contribution in [2.75, 3.05) is 6.61 Å². The summed E-state index contributed by atoms with van der Waals surface area (Å²) >= 11 is 0. The lowest BCUT2D eigenvalue weighted by atomic mass is 9.41. The highest BCUT2D eigenvalue weighted by Gasteiger charge is 2.70. The Morgan fingerprint density at radius 3 is 2.55 bits per heavy atom. The van der Waals surface area contributed by atoms with Crippen LogP contribution < -0.4 is 0 Å². The molecule has 38 heavy (non-hydrogen) atoms. The molecule has 210 valence electrons. The van der Waals surface area contributed by atoms with Gasteiger partial charge >= 0.3 is 5.97 Å². The summed E-state index contributed by atoms with van der Waals surface area (Å²) in [6, 6.07) is 0. The lowest BCUT2D eigenvalue weighted by molar-refractivity contribution is -0.285. The maximum absolute atomic E-state index is 12.9. The van der Waals surface area contributed by atoms with Crippen molar-refractivity contribution in [1.29, 1.82) is 0 Å². The first-order valence-corrected chi connectivity index (χ1v) is 14.1. The average Bonchev–Trinajstić information content (AvgIpc) is 3.41. The van der Waals surface area contributed by atoms with Crippen molar-refractivity contribution in [3.8, 4) is 0 Å². The van der Waals surface area contributed by atoms with Crippen LogP contribution in [0.1, 0.15) is 71.6 Å². The van der Waals surface area contributed by atoms with Crippen molar-refractivity contribution in [2.24, 2.45) is 22.7 Å². The van der Waals surface area contributed by atoms with Gasteiger partial charge in [-0.3, -0.25) is 0 Å². The minimum Gasteiger partial charge on any atom is -0.458 e. The molecular weight excluding hydrogens is 492 g/mol. The SMILES string of the molecule is CC1OC(OC2CCC3(C=O)C4CCC5(C)C(C6=CC(=O)OC6)=CCC5(O)C4CCC3(O)C2)CC(O)C1O. The van der Waals surface area contributed by atoms with E-state index in [1.54, 1.807) is 6.92 Å². The lowest BCUT2D eigenvalue weighted by Crippen LogP contribution is -2.69. The number of hydrogen-bond donors (Lipinski definition) is 4. The lowest BCUT2D eigenvalue weighted by Gasteiger charge is -2.65. The third-order valence-electron chi connectivity index (χ3n) is 11.3. The van der Waals surface area contributed by atoms with Gasteiger partial charge in [0.1, 0.15) is 19.0 Å². The van der Waals surface area contributed by atoms with Gasteiger partial charge in [0, 0.05) is 29.9 Å². The number of esters is 1. The van der Waals surface area contributed by atoms with Crippen LogP contribution in [0.15, 0.2) is 23.3 Å². The van der Waals surface area contributed by atoms with Crippen LogP contribution in [0, 0.1) is 22.7 Å². The number of aliphatic hydroxyl groups is 4. The minimum atomic E-state index is -1.26. The number of cyclic esters (lactones) is 1. The average molecular weight is 533 g/mol. The molecule has 0 aromatic rings. The van der Waals surface area contributed by atoms with Crippen molar-refractivity contribution in [2.45, 2.75) is 114 Å². The van der Waals surface area contributed by atoms with Gasteiger partial charge in [0.05, 0.1) is 34.9 Å². The summed E-state index contributed by atoms with van der Waals surface area (Å²) in [5.41, 5.74) is -2.03. The predicted octanol–water partition coefficient (Wildman–Crippen LogP) is 1.70. The summed E-state index contributed by atoms with van der Waals surface area (Å²) in [6.45, 7) is 3.99. The number of rotatable bonds is 4. The summed E-state index contributed by atoms with van der Waals surface area (Å²) in [5.74, 6) is -0.673.